The second-order valence-electron chi connectivity index (χ2n) is 6.63. The van der Waals surface area contributed by atoms with Gasteiger partial charge in [0.05, 0.1) is 5.56 Å². The normalized spacial score (nSPS) is 11.2. The van der Waals surface area contributed by atoms with Gasteiger partial charge < -0.3 is 10.1 Å². The van der Waals surface area contributed by atoms with E-state index in [-0.39, 0.29) is 10.7 Å². The Morgan fingerprint density at radius 1 is 1.16 bits per heavy atom. The molecule has 0 aliphatic rings. The summed E-state index contributed by atoms with van der Waals surface area (Å²) < 4.78 is 6.02. The van der Waals surface area contributed by atoms with Gasteiger partial charge in [-0.3, -0.25) is 4.79 Å². The Bertz CT molecular complexity index is 699. The van der Waals surface area contributed by atoms with Crippen molar-refractivity contribution in [3.8, 4) is 5.75 Å². The molecule has 0 heterocycles. The molecule has 0 unspecified atom stereocenters. The summed E-state index contributed by atoms with van der Waals surface area (Å²) in [4.78, 5) is 12.5. The Hall–Kier alpha value is -1.65. The Labute approximate surface area is 159 Å². The van der Waals surface area contributed by atoms with Crippen LogP contribution in [0.25, 0.3) is 0 Å². The van der Waals surface area contributed by atoms with Crippen molar-refractivity contribution in [3.05, 3.63) is 64.7 Å². The molecule has 0 radical (unpaired) electrons. The molecule has 1 N–H and O–H groups in total. The summed E-state index contributed by atoms with van der Waals surface area (Å²) in [7, 11) is 0. The second kappa shape index (κ2) is 9.16. The van der Waals surface area contributed by atoms with E-state index in [2.05, 4.69) is 26.1 Å². The van der Waals surface area contributed by atoms with E-state index in [4.69, 9.17) is 16.3 Å². The monoisotopic (exact) mass is 377 g/mol. The van der Waals surface area contributed by atoms with Crippen LogP contribution in [0.3, 0.4) is 0 Å². The van der Waals surface area contributed by atoms with Crippen LogP contribution < -0.4 is 10.1 Å². The third-order valence-corrected chi connectivity index (χ3v) is 4.86. The zero-order valence-electron chi connectivity index (χ0n) is 14.8. The number of hydrogen-bond acceptors (Lipinski definition) is 3. The van der Waals surface area contributed by atoms with Crippen molar-refractivity contribution in [2.75, 3.05) is 12.3 Å². The molecule has 25 heavy (non-hydrogen) atoms. The molecule has 2 aromatic carbocycles. The molecule has 5 heteroatoms. The fourth-order valence-electron chi connectivity index (χ4n) is 2.16. The maximum Gasteiger partial charge on any atom is 0.255 e. The van der Waals surface area contributed by atoms with Crippen molar-refractivity contribution in [1.29, 1.82) is 0 Å². The van der Waals surface area contributed by atoms with E-state index in [0.29, 0.717) is 29.5 Å². The van der Waals surface area contributed by atoms with E-state index >= 15 is 0 Å². The van der Waals surface area contributed by atoms with Gasteiger partial charge in [0.2, 0.25) is 0 Å². The van der Waals surface area contributed by atoms with Crippen LogP contribution in [0.2, 0.25) is 5.02 Å². The summed E-state index contributed by atoms with van der Waals surface area (Å²) in [5.41, 5.74) is 1.51. The smallest absolute Gasteiger partial charge is 0.255 e. The minimum Gasteiger partial charge on any atom is -0.488 e. The van der Waals surface area contributed by atoms with Gasteiger partial charge in [0, 0.05) is 22.1 Å². The highest BCUT2D eigenvalue weighted by Gasteiger charge is 2.15. The standard InChI is InChI=1S/C20H24ClNO2S/c1-20(2,3)25-12-11-22-19(23)17-13-16(21)9-10-18(17)24-14-15-7-5-4-6-8-15/h4-10,13H,11-12,14H2,1-3H3,(H,22,23). The first kappa shape index (κ1) is 19.7. The lowest BCUT2D eigenvalue weighted by Crippen LogP contribution is -2.27. The molecule has 0 aliphatic carbocycles. The Balaban J connectivity index is 1.98. The van der Waals surface area contributed by atoms with Crippen molar-refractivity contribution in [2.45, 2.75) is 32.1 Å². The number of carbonyl (C=O) groups excluding carboxylic acids is 1. The molecule has 0 aliphatic heterocycles. The van der Waals surface area contributed by atoms with Crippen molar-refractivity contribution in [2.24, 2.45) is 0 Å². The second-order valence-corrected chi connectivity index (χ2v) is 8.99. The van der Waals surface area contributed by atoms with Crippen molar-refractivity contribution < 1.29 is 9.53 Å². The van der Waals surface area contributed by atoms with E-state index < -0.39 is 0 Å². The maximum atomic E-state index is 12.5. The molecule has 0 saturated carbocycles. The van der Waals surface area contributed by atoms with Crippen molar-refractivity contribution in [3.63, 3.8) is 0 Å². The predicted octanol–water partition coefficient (Wildman–Crippen LogP) is 5.18. The van der Waals surface area contributed by atoms with E-state index in [1.165, 1.54) is 0 Å². The lowest BCUT2D eigenvalue weighted by Gasteiger charge is -2.17. The lowest BCUT2D eigenvalue weighted by atomic mass is 10.2. The number of hydrogen-bond donors (Lipinski definition) is 1. The highest BCUT2D eigenvalue weighted by molar-refractivity contribution is 8.00. The zero-order valence-corrected chi connectivity index (χ0v) is 16.4. The Morgan fingerprint density at radius 3 is 2.56 bits per heavy atom. The zero-order chi connectivity index (χ0) is 18.3. The van der Waals surface area contributed by atoms with Gasteiger partial charge in [-0.05, 0) is 23.8 Å². The van der Waals surface area contributed by atoms with Crippen LogP contribution in [0.1, 0.15) is 36.7 Å². The lowest BCUT2D eigenvalue weighted by molar-refractivity contribution is 0.0951. The molecular weight excluding hydrogens is 354 g/mol. The molecule has 1 amide bonds. The third kappa shape index (κ3) is 7.00. The van der Waals surface area contributed by atoms with Crippen LogP contribution in [0.5, 0.6) is 5.75 Å². The number of ether oxygens (including phenoxy) is 1. The Kier molecular flexibility index (Phi) is 7.21. The first-order valence-corrected chi connectivity index (χ1v) is 9.60. The highest BCUT2D eigenvalue weighted by Crippen LogP contribution is 2.25. The van der Waals surface area contributed by atoms with E-state index in [0.717, 1.165) is 11.3 Å². The highest BCUT2D eigenvalue weighted by atomic mass is 35.5. The van der Waals surface area contributed by atoms with Gasteiger partial charge in [-0.15, -0.1) is 0 Å². The van der Waals surface area contributed by atoms with Gasteiger partial charge in [0.15, 0.2) is 0 Å². The van der Waals surface area contributed by atoms with E-state index in [9.17, 15) is 4.79 Å². The molecule has 0 aromatic heterocycles. The van der Waals surface area contributed by atoms with Crippen LogP contribution >= 0.6 is 23.4 Å². The first-order chi connectivity index (χ1) is 11.8. The average Bonchev–Trinajstić information content (AvgIpc) is 2.57. The molecule has 0 atom stereocenters. The summed E-state index contributed by atoms with van der Waals surface area (Å²) in [5, 5.41) is 3.45. The number of benzene rings is 2. The number of amides is 1. The molecule has 0 bridgehead atoms. The fourth-order valence-corrected chi connectivity index (χ4v) is 3.15. The summed E-state index contributed by atoms with van der Waals surface area (Å²) in [6.45, 7) is 7.48. The van der Waals surface area contributed by atoms with Crippen LogP contribution in [0.4, 0.5) is 0 Å². The summed E-state index contributed by atoms with van der Waals surface area (Å²) >= 11 is 7.87. The first-order valence-electron chi connectivity index (χ1n) is 8.23. The minimum absolute atomic E-state index is 0.167. The molecule has 0 fully saturated rings. The third-order valence-electron chi connectivity index (χ3n) is 3.35. The minimum atomic E-state index is -0.167. The van der Waals surface area contributed by atoms with Crippen LogP contribution in [0.15, 0.2) is 48.5 Å². The molecule has 3 nitrogen and oxygen atoms in total. The number of rotatable bonds is 7. The fraction of sp³-hybridized carbons (Fsp3) is 0.350. The molecule has 0 spiro atoms. The number of nitrogens with one attached hydrogen (secondary N) is 1. The van der Waals surface area contributed by atoms with Crippen LogP contribution in [-0.4, -0.2) is 23.0 Å². The summed E-state index contributed by atoms with van der Waals surface area (Å²) in [5.74, 6) is 1.23. The number of halogens is 1. The predicted molar refractivity (Wildman–Crippen MR) is 107 cm³/mol. The molecule has 2 aromatic rings. The largest absolute Gasteiger partial charge is 0.488 e. The summed E-state index contributed by atoms with van der Waals surface area (Å²) in [6, 6.07) is 15.0. The molecule has 134 valence electrons. The quantitative estimate of drug-likeness (QED) is 0.675. The van der Waals surface area contributed by atoms with Gasteiger partial charge in [-0.2, -0.15) is 11.8 Å². The van der Waals surface area contributed by atoms with Gasteiger partial charge in [0.1, 0.15) is 12.4 Å². The van der Waals surface area contributed by atoms with E-state index in [1.54, 1.807) is 18.2 Å². The molecular formula is C20H24ClNO2S. The van der Waals surface area contributed by atoms with Gasteiger partial charge >= 0.3 is 0 Å². The topological polar surface area (TPSA) is 38.3 Å². The van der Waals surface area contributed by atoms with Crippen molar-refractivity contribution in [1.82, 2.24) is 5.32 Å². The molecule has 2 rings (SSSR count). The van der Waals surface area contributed by atoms with Crippen LogP contribution in [0, 0.1) is 0 Å². The van der Waals surface area contributed by atoms with Gasteiger partial charge in [0.25, 0.3) is 5.91 Å². The van der Waals surface area contributed by atoms with E-state index in [1.807, 2.05) is 42.1 Å². The number of thioether (sulfide) groups is 1. The van der Waals surface area contributed by atoms with Crippen molar-refractivity contribution >= 4 is 29.3 Å². The SMILES string of the molecule is CC(C)(C)SCCNC(=O)c1cc(Cl)ccc1OCc1ccccc1. The average molecular weight is 378 g/mol. The van der Waals surface area contributed by atoms with Gasteiger partial charge in [-0.1, -0.05) is 62.7 Å². The molecule has 0 saturated heterocycles. The van der Waals surface area contributed by atoms with Crippen LogP contribution in [-0.2, 0) is 6.61 Å². The number of carbonyl (C=O) groups is 1. The maximum absolute atomic E-state index is 12.5. The summed E-state index contributed by atoms with van der Waals surface area (Å²) in [6.07, 6.45) is 0. The van der Waals surface area contributed by atoms with Gasteiger partial charge in [-0.25, -0.2) is 0 Å². The Morgan fingerprint density at radius 2 is 1.88 bits per heavy atom.